The minimum absolute atomic E-state index is 0.252. The number of allylic oxidation sites excluding steroid dienone is 1. The van der Waals surface area contributed by atoms with E-state index in [0.29, 0.717) is 12.2 Å². The van der Waals surface area contributed by atoms with Gasteiger partial charge >= 0.3 is 5.97 Å². The second kappa shape index (κ2) is 6.48. The standard InChI is InChI=1S/C13H15BrO2/c1-3-16-13(15)12-7-5-4-6-11(12)9-8-10(2)14/h4-7H,2-3,8-9H2,1H3. The lowest BCUT2D eigenvalue weighted by Crippen LogP contribution is -2.08. The summed E-state index contributed by atoms with van der Waals surface area (Å²) in [5.41, 5.74) is 1.65. The number of hydrogen-bond donors (Lipinski definition) is 0. The predicted octanol–water partition coefficient (Wildman–Crippen LogP) is 3.70. The minimum Gasteiger partial charge on any atom is -0.462 e. The third kappa shape index (κ3) is 3.81. The van der Waals surface area contributed by atoms with Crippen LogP contribution < -0.4 is 0 Å². The molecule has 16 heavy (non-hydrogen) atoms. The Balaban J connectivity index is 2.82. The van der Waals surface area contributed by atoms with Crippen LogP contribution in [0.5, 0.6) is 0 Å². The van der Waals surface area contributed by atoms with Gasteiger partial charge in [0, 0.05) is 0 Å². The zero-order valence-electron chi connectivity index (χ0n) is 9.33. The van der Waals surface area contributed by atoms with Gasteiger partial charge in [0.05, 0.1) is 12.2 Å². The van der Waals surface area contributed by atoms with Gasteiger partial charge in [0.25, 0.3) is 0 Å². The van der Waals surface area contributed by atoms with Crippen molar-refractivity contribution in [3.63, 3.8) is 0 Å². The number of benzene rings is 1. The predicted molar refractivity (Wildman–Crippen MR) is 68.8 cm³/mol. The minimum atomic E-state index is -0.252. The van der Waals surface area contributed by atoms with E-state index in [1.807, 2.05) is 18.2 Å². The quantitative estimate of drug-likeness (QED) is 0.770. The maximum absolute atomic E-state index is 11.7. The summed E-state index contributed by atoms with van der Waals surface area (Å²) in [6.45, 7) is 5.99. The van der Waals surface area contributed by atoms with Crippen molar-refractivity contribution in [2.24, 2.45) is 0 Å². The first-order valence-electron chi connectivity index (χ1n) is 5.23. The Bertz CT molecular complexity index is 385. The van der Waals surface area contributed by atoms with Crippen LogP contribution in [-0.4, -0.2) is 12.6 Å². The summed E-state index contributed by atoms with van der Waals surface area (Å²) in [6, 6.07) is 7.51. The van der Waals surface area contributed by atoms with Gasteiger partial charge in [-0.3, -0.25) is 0 Å². The van der Waals surface area contributed by atoms with Crippen LogP contribution in [0.25, 0.3) is 0 Å². The molecule has 2 nitrogen and oxygen atoms in total. The van der Waals surface area contributed by atoms with Crippen LogP contribution in [0.1, 0.15) is 29.3 Å². The van der Waals surface area contributed by atoms with Crippen molar-refractivity contribution < 1.29 is 9.53 Å². The van der Waals surface area contributed by atoms with E-state index in [4.69, 9.17) is 4.74 Å². The third-order valence-corrected chi connectivity index (χ3v) is 2.57. The first kappa shape index (κ1) is 13.0. The largest absolute Gasteiger partial charge is 0.462 e. The molecule has 0 aliphatic heterocycles. The Kier molecular flexibility index (Phi) is 5.26. The highest BCUT2D eigenvalue weighted by Gasteiger charge is 2.11. The highest BCUT2D eigenvalue weighted by molar-refractivity contribution is 9.11. The molecule has 1 aromatic rings. The molecule has 0 amide bonds. The lowest BCUT2D eigenvalue weighted by molar-refractivity contribution is 0.0525. The number of aryl methyl sites for hydroxylation is 1. The highest BCUT2D eigenvalue weighted by atomic mass is 79.9. The number of halogens is 1. The molecule has 0 aliphatic rings. The molecule has 0 fully saturated rings. The SMILES string of the molecule is C=C(Br)CCc1ccccc1C(=O)OCC. The maximum atomic E-state index is 11.7. The summed E-state index contributed by atoms with van der Waals surface area (Å²) in [5.74, 6) is -0.252. The second-order valence-corrected chi connectivity index (χ2v) is 4.52. The monoisotopic (exact) mass is 282 g/mol. The molecule has 0 aromatic heterocycles. The molecule has 1 aromatic carbocycles. The highest BCUT2D eigenvalue weighted by Crippen LogP contribution is 2.16. The number of ether oxygens (including phenoxy) is 1. The maximum Gasteiger partial charge on any atom is 0.338 e. The van der Waals surface area contributed by atoms with Crippen molar-refractivity contribution in [2.75, 3.05) is 6.61 Å². The van der Waals surface area contributed by atoms with Gasteiger partial charge in [0.15, 0.2) is 0 Å². The van der Waals surface area contributed by atoms with E-state index in [-0.39, 0.29) is 5.97 Å². The lowest BCUT2D eigenvalue weighted by atomic mass is 10.0. The summed E-state index contributed by atoms with van der Waals surface area (Å²) in [4.78, 5) is 11.7. The van der Waals surface area contributed by atoms with Crippen LogP contribution in [0.2, 0.25) is 0 Å². The molecule has 0 spiro atoms. The molecule has 3 heteroatoms. The molecule has 0 aliphatic carbocycles. The second-order valence-electron chi connectivity index (χ2n) is 3.39. The Morgan fingerprint density at radius 3 is 2.75 bits per heavy atom. The van der Waals surface area contributed by atoms with Gasteiger partial charge in [-0.2, -0.15) is 0 Å². The van der Waals surface area contributed by atoms with E-state index in [1.165, 1.54) is 0 Å². The van der Waals surface area contributed by atoms with E-state index >= 15 is 0 Å². The fourth-order valence-corrected chi connectivity index (χ4v) is 1.61. The number of esters is 1. The molecule has 0 N–H and O–H groups in total. The third-order valence-electron chi connectivity index (χ3n) is 2.18. The van der Waals surface area contributed by atoms with Crippen LogP contribution in [0, 0.1) is 0 Å². The van der Waals surface area contributed by atoms with Crippen LogP contribution in [0.15, 0.2) is 35.3 Å². The molecular weight excluding hydrogens is 268 g/mol. The van der Waals surface area contributed by atoms with Crippen LogP contribution in [0.4, 0.5) is 0 Å². The normalized spacial score (nSPS) is 9.88. The molecule has 0 unspecified atom stereocenters. The van der Waals surface area contributed by atoms with Gasteiger partial charge in [-0.05, 0) is 35.9 Å². The number of rotatable bonds is 5. The van der Waals surface area contributed by atoms with Gasteiger partial charge in [-0.15, -0.1) is 0 Å². The molecular formula is C13H15BrO2. The first-order valence-corrected chi connectivity index (χ1v) is 6.02. The summed E-state index contributed by atoms with van der Waals surface area (Å²) in [5, 5.41) is 0. The molecule has 0 bridgehead atoms. The Morgan fingerprint density at radius 2 is 2.12 bits per heavy atom. The molecule has 0 atom stereocenters. The van der Waals surface area contributed by atoms with Gasteiger partial charge in [0.2, 0.25) is 0 Å². The summed E-state index contributed by atoms with van der Waals surface area (Å²) < 4.78 is 5.94. The lowest BCUT2D eigenvalue weighted by Gasteiger charge is -2.08. The van der Waals surface area contributed by atoms with E-state index in [0.717, 1.165) is 22.9 Å². The van der Waals surface area contributed by atoms with Gasteiger partial charge in [-0.1, -0.05) is 40.7 Å². The van der Waals surface area contributed by atoms with Crippen molar-refractivity contribution in [3.05, 3.63) is 46.5 Å². The molecule has 1 rings (SSSR count). The summed E-state index contributed by atoms with van der Waals surface area (Å²) in [7, 11) is 0. The fraction of sp³-hybridized carbons (Fsp3) is 0.308. The molecule has 0 radical (unpaired) electrons. The number of hydrogen-bond acceptors (Lipinski definition) is 2. The average Bonchev–Trinajstić information content (AvgIpc) is 2.27. The number of carbonyl (C=O) groups excluding carboxylic acids is 1. The average molecular weight is 283 g/mol. The Hall–Kier alpha value is -1.09. The zero-order chi connectivity index (χ0) is 12.0. The van der Waals surface area contributed by atoms with Crippen LogP contribution in [-0.2, 0) is 11.2 Å². The number of carbonyl (C=O) groups is 1. The van der Waals surface area contributed by atoms with E-state index in [2.05, 4.69) is 22.5 Å². The van der Waals surface area contributed by atoms with Crippen molar-refractivity contribution in [2.45, 2.75) is 19.8 Å². The fourth-order valence-electron chi connectivity index (χ4n) is 1.42. The molecule has 0 saturated carbocycles. The van der Waals surface area contributed by atoms with Crippen molar-refractivity contribution in [3.8, 4) is 0 Å². The zero-order valence-corrected chi connectivity index (χ0v) is 10.9. The van der Waals surface area contributed by atoms with Crippen LogP contribution in [0.3, 0.4) is 0 Å². The topological polar surface area (TPSA) is 26.3 Å². The van der Waals surface area contributed by atoms with Crippen molar-refractivity contribution in [1.82, 2.24) is 0 Å². The van der Waals surface area contributed by atoms with E-state index in [9.17, 15) is 4.79 Å². The molecule has 0 heterocycles. The first-order chi connectivity index (χ1) is 7.65. The van der Waals surface area contributed by atoms with Crippen molar-refractivity contribution in [1.29, 1.82) is 0 Å². The molecule has 0 saturated heterocycles. The summed E-state index contributed by atoms with van der Waals surface area (Å²) in [6.07, 6.45) is 1.61. The van der Waals surface area contributed by atoms with Gasteiger partial charge in [0.1, 0.15) is 0 Å². The Morgan fingerprint density at radius 1 is 1.44 bits per heavy atom. The Labute approximate surface area is 104 Å². The molecule has 86 valence electrons. The van der Waals surface area contributed by atoms with E-state index in [1.54, 1.807) is 13.0 Å². The summed E-state index contributed by atoms with van der Waals surface area (Å²) >= 11 is 3.31. The van der Waals surface area contributed by atoms with Gasteiger partial charge in [-0.25, -0.2) is 4.79 Å². The van der Waals surface area contributed by atoms with Crippen molar-refractivity contribution >= 4 is 21.9 Å². The van der Waals surface area contributed by atoms with E-state index < -0.39 is 0 Å². The smallest absolute Gasteiger partial charge is 0.338 e. The van der Waals surface area contributed by atoms with Gasteiger partial charge < -0.3 is 4.74 Å². The van der Waals surface area contributed by atoms with Crippen LogP contribution >= 0.6 is 15.9 Å².